The average molecular weight is 392 g/mol. The lowest BCUT2D eigenvalue weighted by Crippen LogP contribution is -2.32. The first-order valence-electron chi connectivity index (χ1n) is 7.89. The summed E-state index contributed by atoms with van der Waals surface area (Å²) in [4.78, 5) is 12.6. The summed E-state index contributed by atoms with van der Waals surface area (Å²) in [6.07, 6.45) is -6.34. The predicted octanol–water partition coefficient (Wildman–Crippen LogP) is 3.39. The second-order valence-electron chi connectivity index (χ2n) is 6.00. The molecule has 146 valence electrons. The fourth-order valence-electron chi connectivity index (χ4n) is 2.71. The SMILES string of the molecule is FC(F)(F)COc1ncccc1CN1CCc2nc(C(F)(F)F)ncc2C1. The zero-order valence-electron chi connectivity index (χ0n) is 13.8. The van der Waals surface area contributed by atoms with E-state index >= 15 is 0 Å². The van der Waals surface area contributed by atoms with Crippen molar-refractivity contribution < 1.29 is 31.1 Å². The van der Waals surface area contributed by atoms with E-state index in [-0.39, 0.29) is 25.4 Å². The van der Waals surface area contributed by atoms with Gasteiger partial charge in [0, 0.05) is 49.6 Å². The van der Waals surface area contributed by atoms with Gasteiger partial charge in [0.2, 0.25) is 11.7 Å². The Morgan fingerprint density at radius 3 is 2.59 bits per heavy atom. The maximum absolute atomic E-state index is 12.7. The smallest absolute Gasteiger partial charge is 0.451 e. The second kappa shape index (κ2) is 7.29. The van der Waals surface area contributed by atoms with Gasteiger partial charge < -0.3 is 4.74 Å². The van der Waals surface area contributed by atoms with Gasteiger partial charge in [0.25, 0.3) is 0 Å². The Balaban J connectivity index is 1.70. The van der Waals surface area contributed by atoms with Crippen molar-refractivity contribution in [2.24, 2.45) is 0 Å². The summed E-state index contributed by atoms with van der Waals surface area (Å²) < 4.78 is 79.9. The first kappa shape index (κ1) is 19.3. The van der Waals surface area contributed by atoms with E-state index in [0.29, 0.717) is 23.4 Å². The number of fused-ring (bicyclic) bond motifs is 1. The molecule has 0 saturated carbocycles. The van der Waals surface area contributed by atoms with Gasteiger partial charge in [0.15, 0.2) is 6.61 Å². The molecule has 0 spiro atoms. The number of hydrogen-bond acceptors (Lipinski definition) is 5. The van der Waals surface area contributed by atoms with Gasteiger partial charge in [-0.25, -0.2) is 15.0 Å². The van der Waals surface area contributed by atoms with Crippen LogP contribution in [0.1, 0.15) is 22.6 Å². The molecule has 1 aliphatic heterocycles. The number of hydrogen-bond donors (Lipinski definition) is 0. The summed E-state index contributed by atoms with van der Waals surface area (Å²) in [5.41, 5.74) is 1.34. The Bertz CT molecular complexity index is 808. The number of aromatic nitrogens is 3. The molecule has 3 heterocycles. The van der Waals surface area contributed by atoms with E-state index in [9.17, 15) is 26.3 Å². The highest BCUT2D eigenvalue weighted by Gasteiger charge is 2.35. The minimum absolute atomic E-state index is 0.121. The number of nitrogens with zero attached hydrogens (tertiary/aromatic N) is 4. The molecule has 0 unspecified atom stereocenters. The second-order valence-corrected chi connectivity index (χ2v) is 6.00. The molecule has 2 aromatic rings. The third-order valence-electron chi connectivity index (χ3n) is 3.88. The van der Waals surface area contributed by atoms with Crippen LogP contribution in [0, 0.1) is 0 Å². The third-order valence-corrected chi connectivity index (χ3v) is 3.88. The van der Waals surface area contributed by atoms with Gasteiger partial charge in [0.1, 0.15) is 0 Å². The van der Waals surface area contributed by atoms with Crippen LogP contribution in [-0.4, -0.2) is 39.2 Å². The number of rotatable bonds is 4. The van der Waals surface area contributed by atoms with E-state index in [1.165, 1.54) is 6.20 Å². The van der Waals surface area contributed by atoms with Crippen molar-refractivity contribution in [3.05, 3.63) is 47.2 Å². The van der Waals surface area contributed by atoms with Crippen LogP contribution in [0.3, 0.4) is 0 Å². The van der Waals surface area contributed by atoms with Crippen molar-refractivity contribution >= 4 is 0 Å². The number of pyridine rings is 1. The molecule has 3 rings (SSSR count). The van der Waals surface area contributed by atoms with Crippen molar-refractivity contribution in [3.8, 4) is 5.88 Å². The Labute approximate surface area is 150 Å². The summed E-state index contributed by atoms with van der Waals surface area (Å²) in [6.45, 7) is -0.536. The molecule has 0 fully saturated rings. The number of alkyl halides is 6. The topological polar surface area (TPSA) is 51.1 Å². The number of halogens is 6. The third kappa shape index (κ3) is 5.06. The normalized spacial score (nSPS) is 15.5. The monoisotopic (exact) mass is 392 g/mol. The number of ether oxygens (including phenoxy) is 1. The highest BCUT2D eigenvalue weighted by molar-refractivity contribution is 5.27. The molecule has 2 aromatic heterocycles. The summed E-state index contributed by atoms with van der Waals surface area (Å²) >= 11 is 0. The fourth-order valence-corrected chi connectivity index (χ4v) is 2.71. The van der Waals surface area contributed by atoms with Gasteiger partial charge in [-0.1, -0.05) is 6.07 Å². The van der Waals surface area contributed by atoms with Gasteiger partial charge in [0.05, 0.1) is 5.69 Å². The van der Waals surface area contributed by atoms with Crippen LogP contribution in [0.4, 0.5) is 26.3 Å². The minimum Gasteiger partial charge on any atom is -0.468 e. The van der Waals surface area contributed by atoms with E-state index in [1.807, 2.05) is 4.90 Å². The lowest BCUT2D eigenvalue weighted by molar-refractivity contribution is -0.154. The average Bonchev–Trinajstić information content (AvgIpc) is 2.59. The van der Waals surface area contributed by atoms with Crippen LogP contribution < -0.4 is 4.74 Å². The molecule has 0 bridgehead atoms. The molecular formula is C16H14F6N4O. The Kier molecular flexibility index (Phi) is 5.22. The highest BCUT2D eigenvalue weighted by Crippen LogP contribution is 2.28. The fraction of sp³-hybridized carbons (Fsp3) is 0.438. The quantitative estimate of drug-likeness (QED) is 0.747. The molecule has 0 saturated heterocycles. The van der Waals surface area contributed by atoms with Crippen molar-refractivity contribution in [1.82, 2.24) is 19.9 Å². The summed E-state index contributed by atoms with van der Waals surface area (Å²) in [7, 11) is 0. The standard InChI is InChI=1S/C16H14F6N4O/c17-15(18,19)9-27-13-10(2-1-4-23-13)7-26-5-3-12-11(8-26)6-24-14(25-12)16(20,21)22/h1-2,4,6H,3,5,7-9H2. The Morgan fingerprint density at radius 2 is 1.89 bits per heavy atom. The zero-order chi connectivity index (χ0) is 19.7. The van der Waals surface area contributed by atoms with Crippen molar-refractivity contribution in [2.75, 3.05) is 13.2 Å². The molecule has 5 nitrogen and oxygen atoms in total. The van der Waals surface area contributed by atoms with E-state index in [1.54, 1.807) is 12.1 Å². The molecule has 0 aliphatic carbocycles. The van der Waals surface area contributed by atoms with Gasteiger partial charge in [-0.3, -0.25) is 4.90 Å². The van der Waals surface area contributed by atoms with Crippen molar-refractivity contribution in [1.29, 1.82) is 0 Å². The lowest BCUT2D eigenvalue weighted by Gasteiger charge is -2.28. The van der Waals surface area contributed by atoms with E-state index in [2.05, 4.69) is 15.0 Å². The van der Waals surface area contributed by atoms with Crippen LogP contribution >= 0.6 is 0 Å². The van der Waals surface area contributed by atoms with E-state index < -0.39 is 24.8 Å². The molecule has 1 aliphatic rings. The molecule has 27 heavy (non-hydrogen) atoms. The van der Waals surface area contributed by atoms with E-state index in [0.717, 1.165) is 6.20 Å². The van der Waals surface area contributed by atoms with Crippen LogP contribution in [0.5, 0.6) is 5.88 Å². The maximum atomic E-state index is 12.7. The van der Waals surface area contributed by atoms with Gasteiger partial charge in [-0.2, -0.15) is 26.3 Å². The molecule has 11 heteroatoms. The van der Waals surface area contributed by atoms with E-state index in [4.69, 9.17) is 4.74 Å². The molecule has 0 aromatic carbocycles. The first-order chi connectivity index (χ1) is 12.6. The van der Waals surface area contributed by atoms with Gasteiger partial charge >= 0.3 is 12.4 Å². The molecule has 0 amide bonds. The molecule has 0 atom stereocenters. The minimum atomic E-state index is -4.60. The Morgan fingerprint density at radius 1 is 1.11 bits per heavy atom. The first-order valence-corrected chi connectivity index (χ1v) is 7.89. The van der Waals surface area contributed by atoms with Gasteiger partial charge in [-0.05, 0) is 6.07 Å². The van der Waals surface area contributed by atoms with Crippen LogP contribution in [0.2, 0.25) is 0 Å². The zero-order valence-corrected chi connectivity index (χ0v) is 13.8. The van der Waals surface area contributed by atoms with Crippen molar-refractivity contribution in [3.63, 3.8) is 0 Å². The highest BCUT2D eigenvalue weighted by atomic mass is 19.4. The van der Waals surface area contributed by atoms with Crippen molar-refractivity contribution in [2.45, 2.75) is 31.9 Å². The summed E-state index contributed by atoms with van der Waals surface area (Å²) in [5, 5.41) is 0. The lowest BCUT2D eigenvalue weighted by atomic mass is 10.1. The van der Waals surface area contributed by atoms with Crippen LogP contribution in [0.25, 0.3) is 0 Å². The maximum Gasteiger partial charge on any atom is 0.451 e. The Hall–Kier alpha value is -2.43. The molecular weight excluding hydrogens is 378 g/mol. The van der Waals surface area contributed by atoms with Crippen LogP contribution in [0.15, 0.2) is 24.5 Å². The summed E-state index contributed by atoms with van der Waals surface area (Å²) in [6, 6.07) is 3.17. The largest absolute Gasteiger partial charge is 0.468 e. The summed E-state index contributed by atoms with van der Waals surface area (Å²) in [5.74, 6) is -1.30. The van der Waals surface area contributed by atoms with Gasteiger partial charge in [-0.15, -0.1) is 0 Å². The predicted molar refractivity (Wildman–Crippen MR) is 80.6 cm³/mol. The molecule has 0 N–H and O–H groups in total. The molecule has 0 radical (unpaired) electrons. The van der Waals surface area contributed by atoms with Crippen LogP contribution in [-0.2, 0) is 25.7 Å².